The zero-order valence-electron chi connectivity index (χ0n) is 14.6. The van der Waals surface area contributed by atoms with Crippen molar-refractivity contribution in [3.63, 3.8) is 0 Å². The van der Waals surface area contributed by atoms with Gasteiger partial charge >= 0.3 is 0 Å². The van der Waals surface area contributed by atoms with Crippen LogP contribution in [0.1, 0.15) is 30.1 Å². The number of aromatic nitrogens is 1. The number of nitrogens with zero attached hydrogens (tertiary/aromatic N) is 2. The van der Waals surface area contributed by atoms with E-state index in [9.17, 15) is 4.79 Å². The molecule has 1 aromatic carbocycles. The fourth-order valence-corrected chi connectivity index (χ4v) is 3.69. The number of likely N-dealkylation sites (tertiary alicyclic amines) is 1. The van der Waals surface area contributed by atoms with Gasteiger partial charge in [-0.05, 0) is 68.2 Å². The molecule has 1 N–H and O–H groups in total. The first-order valence-electron chi connectivity index (χ1n) is 8.90. The van der Waals surface area contributed by atoms with Crippen LogP contribution in [0.2, 0.25) is 0 Å². The average molecular weight is 356 g/mol. The number of carbonyl (C=O) groups is 1. The van der Waals surface area contributed by atoms with Crippen LogP contribution in [0.4, 0.5) is 0 Å². The molecule has 5 heteroatoms. The molecule has 25 heavy (non-hydrogen) atoms. The third-order valence-corrected chi connectivity index (χ3v) is 5.53. The second kappa shape index (κ2) is 9.02. The molecule has 1 fully saturated rings. The largest absolute Gasteiger partial charge is 0.351 e. The van der Waals surface area contributed by atoms with E-state index in [-0.39, 0.29) is 5.91 Å². The number of hydrogen-bond acceptors (Lipinski definition) is 4. The van der Waals surface area contributed by atoms with Gasteiger partial charge in [0.15, 0.2) is 0 Å². The van der Waals surface area contributed by atoms with Gasteiger partial charge < -0.3 is 10.2 Å². The predicted octanol–water partition coefficient (Wildman–Crippen LogP) is 3.69. The van der Waals surface area contributed by atoms with E-state index < -0.39 is 0 Å². The molecule has 0 atom stereocenters. The molecule has 0 aliphatic carbocycles. The van der Waals surface area contributed by atoms with Crippen molar-refractivity contribution < 1.29 is 4.79 Å². The van der Waals surface area contributed by atoms with Gasteiger partial charge in [-0.25, -0.2) is 4.98 Å². The summed E-state index contributed by atoms with van der Waals surface area (Å²) in [5.74, 6) is 0.841. The summed E-state index contributed by atoms with van der Waals surface area (Å²) < 4.78 is 0. The van der Waals surface area contributed by atoms with Crippen molar-refractivity contribution in [2.24, 2.45) is 5.92 Å². The van der Waals surface area contributed by atoms with Gasteiger partial charge in [-0.1, -0.05) is 24.8 Å². The summed E-state index contributed by atoms with van der Waals surface area (Å²) in [6.07, 6.45) is 4.32. The zero-order valence-corrected chi connectivity index (χ0v) is 15.5. The van der Waals surface area contributed by atoms with Crippen molar-refractivity contribution in [1.82, 2.24) is 15.2 Å². The fourth-order valence-electron chi connectivity index (χ4n) is 2.92. The lowest BCUT2D eigenvalue weighted by Crippen LogP contribution is -2.39. The Morgan fingerprint density at radius 3 is 2.64 bits per heavy atom. The molecule has 2 aromatic rings. The Bertz CT molecular complexity index is 667. The molecular weight excluding hydrogens is 330 g/mol. The first-order chi connectivity index (χ1) is 12.2. The highest BCUT2D eigenvalue weighted by Gasteiger charge is 2.15. The Kier molecular flexibility index (Phi) is 6.48. The van der Waals surface area contributed by atoms with Gasteiger partial charge in [0.1, 0.15) is 5.03 Å². The molecule has 0 bridgehead atoms. The Hall–Kier alpha value is -1.85. The van der Waals surface area contributed by atoms with Crippen LogP contribution in [-0.4, -0.2) is 42.0 Å². The molecule has 0 spiro atoms. The maximum atomic E-state index is 12.3. The molecule has 2 heterocycles. The van der Waals surface area contributed by atoms with Crippen molar-refractivity contribution in [2.75, 3.05) is 26.2 Å². The van der Waals surface area contributed by atoms with Gasteiger partial charge in [0.25, 0.3) is 5.91 Å². The molecule has 0 unspecified atom stereocenters. The van der Waals surface area contributed by atoms with E-state index in [0.29, 0.717) is 12.1 Å². The molecule has 1 aliphatic rings. The highest BCUT2D eigenvalue weighted by Crippen LogP contribution is 2.25. The van der Waals surface area contributed by atoms with Gasteiger partial charge in [-0.2, -0.15) is 0 Å². The van der Waals surface area contributed by atoms with Gasteiger partial charge in [-0.3, -0.25) is 4.79 Å². The molecule has 3 rings (SSSR count). The van der Waals surface area contributed by atoms with Crippen molar-refractivity contribution >= 4 is 17.7 Å². The summed E-state index contributed by atoms with van der Waals surface area (Å²) in [6.45, 7) is 6.26. The number of hydrogen-bond donors (Lipinski definition) is 1. The van der Waals surface area contributed by atoms with Gasteiger partial charge in [-0.15, -0.1) is 0 Å². The lowest BCUT2D eigenvalue weighted by molar-refractivity contribution is 0.0944. The Morgan fingerprint density at radius 2 is 1.96 bits per heavy atom. The maximum absolute atomic E-state index is 12.3. The van der Waals surface area contributed by atoms with Gasteiger partial charge in [0, 0.05) is 29.7 Å². The molecule has 1 amide bonds. The van der Waals surface area contributed by atoms with Crippen LogP contribution in [0.25, 0.3) is 0 Å². The zero-order chi connectivity index (χ0) is 17.5. The number of piperidine rings is 1. The lowest BCUT2D eigenvalue weighted by Gasteiger charge is -2.30. The van der Waals surface area contributed by atoms with Crippen molar-refractivity contribution in [2.45, 2.75) is 29.7 Å². The van der Waals surface area contributed by atoms with Gasteiger partial charge in [0.05, 0.1) is 0 Å². The normalized spacial score (nSPS) is 15.9. The standard InChI is InChI=1S/C20H25N3OS/c1-16-9-13-23(14-10-16)15-12-22-20(24)17-5-7-18(8-6-17)25-19-4-2-3-11-21-19/h2-8,11,16H,9-10,12-15H2,1H3,(H,22,24). The van der Waals surface area contributed by atoms with Crippen LogP contribution >= 0.6 is 11.8 Å². The predicted molar refractivity (Wildman–Crippen MR) is 102 cm³/mol. The summed E-state index contributed by atoms with van der Waals surface area (Å²) in [4.78, 5) is 20.1. The summed E-state index contributed by atoms with van der Waals surface area (Å²) in [6, 6.07) is 13.6. The van der Waals surface area contributed by atoms with E-state index >= 15 is 0 Å². The smallest absolute Gasteiger partial charge is 0.251 e. The van der Waals surface area contributed by atoms with Crippen LogP contribution < -0.4 is 5.32 Å². The summed E-state index contributed by atoms with van der Waals surface area (Å²) >= 11 is 1.60. The SMILES string of the molecule is CC1CCN(CCNC(=O)c2ccc(Sc3ccccn3)cc2)CC1. The van der Waals surface area contributed by atoms with E-state index in [1.165, 1.54) is 12.8 Å². The molecular formula is C20H25N3OS. The highest BCUT2D eigenvalue weighted by atomic mass is 32.2. The number of amides is 1. The molecule has 132 valence electrons. The summed E-state index contributed by atoms with van der Waals surface area (Å²) in [7, 11) is 0. The monoisotopic (exact) mass is 355 g/mol. The minimum absolute atomic E-state index is 0.000219. The van der Waals surface area contributed by atoms with Crippen LogP contribution in [0, 0.1) is 5.92 Å². The first-order valence-corrected chi connectivity index (χ1v) is 9.72. The molecule has 0 radical (unpaired) electrons. The van der Waals surface area contributed by atoms with Crippen LogP contribution in [-0.2, 0) is 0 Å². The lowest BCUT2D eigenvalue weighted by atomic mass is 9.99. The Balaban J connectivity index is 1.44. The van der Waals surface area contributed by atoms with E-state index in [1.54, 1.807) is 18.0 Å². The minimum atomic E-state index is -0.000219. The molecule has 1 aromatic heterocycles. The number of rotatable bonds is 6. The topological polar surface area (TPSA) is 45.2 Å². The highest BCUT2D eigenvalue weighted by molar-refractivity contribution is 7.99. The molecule has 4 nitrogen and oxygen atoms in total. The third kappa shape index (κ3) is 5.58. The molecule has 1 saturated heterocycles. The number of carbonyl (C=O) groups excluding carboxylic acids is 1. The van der Waals surface area contributed by atoms with E-state index in [2.05, 4.69) is 22.1 Å². The molecule has 0 saturated carbocycles. The van der Waals surface area contributed by atoms with E-state index in [4.69, 9.17) is 0 Å². The number of pyridine rings is 1. The van der Waals surface area contributed by atoms with Crippen LogP contribution in [0.5, 0.6) is 0 Å². The molecule has 1 aliphatic heterocycles. The Morgan fingerprint density at radius 1 is 1.20 bits per heavy atom. The fraction of sp³-hybridized carbons (Fsp3) is 0.400. The van der Waals surface area contributed by atoms with Crippen molar-refractivity contribution in [3.8, 4) is 0 Å². The van der Waals surface area contributed by atoms with E-state index in [1.807, 2.05) is 42.5 Å². The second-order valence-corrected chi connectivity index (χ2v) is 7.67. The van der Waals surface area contributed by atoms with Gasteiger partial charge in [0.2, 0.25) is 0 Å². The minimum Gasteiger partial charge on any atom is -0.351 e. The second-order valence-electron chi connectivity index (χ2n) is 6.57. The Labute approximate surface area is 154 Å². The maximum Gasteiger partial charge on any atom is 0.251 e. The van der Waals surface area contributed by atoms with Crippen LogP contribution in [0.15, 0.2) is 58.6 Å². The summed E-state index contributed by atoms with van der Waals surface area (Å²) in [5.41, 5.74) is 0.706. The first kappa shape index (κ1) is 18.0. The quantitative estimate of drug-likeness (QED) is 0.858. The van der Waals surface area contributed by atoms with E-state index in [0.717, 1.165) is 35.5 Å². The third-order valence-electron chi connectivity index (χ3n) is 4.57. The van der Waals surface area contributed by atoms with Crippen LogP contribution in [0.3, 0.4) is 0 Å². The average Bonchev–Trinajstić information content (AvgIpc) is 2.65. The summed E-state index contributed by atoms with van der Waals surface area (Å²) in [5, 5.41) is 3.98. The number of nitrogens with one attached hydrogen (secondary N) is 1. The number of benzene rings is 1. The van der Waals surface area contributed by atoms with Crippen molar-refractivity contribution in [3.05, 3.63) is 54.2 Å². The van der Waals surface area contributed by atoms with Crippen molar-refractivity contribution in [1.29, 1.82) is 0 Å².